The molecule has 0 saturated carbocycles. The van der Waals surface area contributed by atoms with E-state index in [0.717, 1.165) is 18.2 Å². The summed E-state index contributed by atoms with van der Waals surface area (Å²) in [4.78, 5) is 8.02. The summed E-state index contributed by atoms with van der Waals surface area (Å²) in [5.74, 6) is 5.63. The second kappa shape index (κ2) is 6.95. The predicted octanol–water partition coefficient (Wildman–Crippen LogP) is 3.75. The maximum Gasteiger partial charge on any atom is 0.434 e. The Bertz CT molecular complexity index is 1150. The number of hydrogen-bond acceptors (Lipinski definition) is 4. The monoisotopic (exact) mass is 407 g/mol. The first kappa shape index (κ1) is 19.9. The molecule has 0 amide bonds. The van der Waals surface area contributed by atoms with Gasteiger partial charge in [0.25, 0.3) is 0 Å². The Morgan fingerprint density at radius 3 is 2.39 bits per heavy atom. The van der Waals surface area contributed by atoms with Crippen LogP contribution in [0.1, 0.15) is 25.4 Å². The molecule has 0 N–H and O–H groups in total. The lowest BCUT2D eigenvalue weighted by atomic mass is 10.1. The highest BCUT2D eigenvalue weighted by molar-refractivity contribution is 7.90. The molecule has 0 radical (unpaired) electrons. The first-order valence-corrected chi connectivity index (χ1v) is 10.1. The van der Waals surface area contributed by atoms with Gasteiger partial charge < -0.3 is 0 Å². The van der Waals surface area contributed by atoms with Gasteiger partial charge in [-0.3, -0.25) is 9.56 Å². The number of imidazole rings is 1. The summed E-state index contributed by atoms with van der Waals surface area (Å²) < 4.78 is 64.2. The van der Waals surface area contributed by atoms with E-state index < -0.39 is 21.7 Å². The number of aromatic nitrogens is 2. The Morgan fingerprint density at radius 1 is 1.18 bits per heavy atom. The second-order valence-electron chi connectivity index (χ2n) is 6.39. The van der Waals surface area contributed by atoms with Gasteiger partial charge in [-0.15, -0.1) is 0 Å². The predicted molar refractivity (Wildman–Crippen MR) is 99.7 cm³/mol. The van der Waals surface area contributed by atoms with Crippen molar-refractivity contribution < 1.29 is 21.6 Å². The lowest BCUT2D eigenvalue weighted by Gasteiger charge is -2.08. The summed E-state index contributed by atoms with van der Waals surface area (Å²) in [7, 11) is -3.42. The van der Waals surface area contributed by atoms with E-state index in [1.807, 2.05) is 6.92 Å². The Kier molecular flexibility index (Phi) is 4.93. The Balaban J connectivity index is 2.17. The molecule has 5 nitrogen and oxygen atoms in total. The van der Waals surface area contributed by atoms with Gasteiger partial charge in [-0.05, 0) is 38.1 Å². The van der Waals surface area contributed by atoms with Crippen LogP contribution < -0.4 is 0 Å². The van der Waals surface area contributed by atoms with Crippen molar-refractivity contribution in [1.82, 2.24) is 9.55 Å². The molecule has 9 heteroatoms. The van der Waals surface area contributed by atoms with Crippen LogP contribution in [0.4, 0.5) is 13.2 Å². The molecule has 1 aliphatic heterocycles. The van der Waals surface area contributed by atoms with E-state index in [-0.39, 0.29) is 22.2 Å². The van der Waals surface area contributed by atoms with Crippen LogP contribution in [0.5, 0.6) is 0 Å². The molecule has 1 aliphatic rings. The van der Waals surface area contributed by atoms with Crippen LogP contribution in [0.25, 0.3) is 11.3 Å². The number of halogens is 3. The van der Waals surface area contributed by atoms with E-state index in [1.54, 1.807) is 6.92 Å². The molecule has 0 bridgehead atoms. The van der Waals surface area contributed by atoms with Gasteiger partial charge >= 0.3 is 6.18 Å². The van der Waals surface area contributed by atoms with E-state index in [4.69, 9.17) is 0 Å². The number of benzene rings is 1. The van der Waals surface area contributed by atoms with Crippen LogP contribution in [0.15, 0.2) is 46.6 Å². The minimum atomic E-state index is -4.64. The van der Waals surface area contributed by atoms with Crippen molar-refractivity contribution in [3.63, 3.8) is 0 Å². The number of alkyl halides is 3. The summed E-state index contributed by atoms with van der Waals surface area (Å²) in [6.45, 7) is 3.64. The summed E-state index contributed by atoms with van der Waals surface area (Å²) in [5, 5.41) is 0. The third kappa shape index (κ3) is 4.02. The summed E-state index contributed by atoms with van der Waals surface area (Å²) in [6, 6.07) is 5.51. The molecular weight excluding hydrogens is 391 g/mol. The first-order valence-electron chi connectivity index (χ1n) is 8.20. The van der Waals surface area contributed by atoms with E-state index >= 15 is 0 Å². The Morgan fingerprint density at radius 2 is 1.82 bits per heavy atom. The molecule has 1 atom stereocenters. The normalized spacial score (nSPS) is 17.3. The van der Waals surface area contributed by atoms with Gasteiger partial charge in [0, 0.05) is 30.1 Å². The number of allylic oxidation sites excluding steroid dienone is 1. The van der Waals surface area contributed by atoms with Crippen LogP contribution in [-0.4, -0.2) is 29.9 Å². The van der Waals surface area contributed by atoms with Crippen LogP contribution in [0.2, 0.25) is 0 Å². The molecule has 146 valence electrons. The third-order valence-electron chi connectivity index (χ3n) is 4.23. The number of aliphatic imine (C=N–C) groups is 1. The SMILES string of the molecule is CC1=NC=C(c2nc(C(F)(F)F)cn2-c2ccc(S(C)(=O)=O)cc2)C#CC1C. The maximum atomic E-state index is 13.3. The van der Waals surface area contributed by atoms with Gasteiger partial charge in [0.2, 0.25) is 0 Å². The quantitative estimate of drug-likeness (QED) is 0.728. The molecule has 1 aromatic heterocycles. The molecule has 0 saturated heterocycles. The van der Waals surface area contributed by atoms with Crippen molar-refractivity contribution >= 4 is 21.1 Å². The third-order valence-corrected chi connectivity index (χ3v) is 5.36. The second-order valence-corrected chi connectivity index (χ2v) is 8.40. The fraction of sp³-hybridized carbons (Fsp3) is 0.263. The van der Waals surface area contributed by atoms with Gasteiger partial charge in [-0.25, -0.2) is 13.4 Å². The molecule has 2 aromatic rings. The smallest absolute Gasteiger partial charge is 0.299 e. The van der Waals surface area contributed by atoms with E-state index in [9.17, 15) is 21.6 Å². The minimum Gasteiger partial charge on any atom is -0.299 e. The van der Waals surface area contributed by atoms with Crippen LogP contribution in [0, 0.1) is 17.8 Å². The molecule has 0 fully saturated rings. The van der Waals surface area contributed by atoms with Crippen molar-refractivity contribution in [2.24, 2.45) is 10.9 Å². The van der Waals surface area contributed by atoms with Crippen molar-refractivity contribution in [3.8, 4) is 17.5 Å². The average Bonchev–Trinajstić information content (AvgIpc) is 2.99. The highest BCUT2D eigenvalue weighted by atomic mass is 32.2. The van der Waals surface area contributed by atoms with Crippen molar-refractivity contribution in [2.75, 3.05) is 6.26 Å². The molecule has 3 rings (SSSR count). The van der Waals surface area contributed by atoms with E-state index in [1.165, 1.54) is 35.0 Å². The lowest BCUT2D eigenvalue weighted by Crippen LogP contribution is -2.05. The zero-order valence-corrected chi connectivity index (χ0v) is 16.1. The largest absolute Gasteiger partial charge is 0.434 e. The van der Waals surface area contributed by atoms with Gasteiger partial charge in [-0.2, -0.15) is 13.2 Å². The van der Waals surface area contributed by atoms with Crippen molar-refractivity contribution in [2.45, 2.75) is 24.9 Å². The van der Waals surface area contributed by atoms with Gasteiger partial charge in [-0.1, -0.05) is 11.8 Å². The highest BCUT2D eigenvalue weighted by Crippen LogP contribution is 2.31. The zero-order valence-electron chi connectivity index (χ0n) is 15.2. The number of nitrogens with zero attached hydrogens (tertiary/aromatic N) is 3. The first-order chi connectivity index (χ1) is 13.0. The van der Waals surface area contributed by atoms with Gasteiger partial charge in [0.15, 0.2) is 21.4 Å². The van der Waals surface area contributed by atoms with Gasteiger partial charge in [0.1, 0.15) is 0 Å². The van der Waals surface area contributed by atoms with Crippen LogP contribution in [0.3, 0.4) is 0 Å². The molecule has 1 unspecified atom stereocenters. The lowest BCUT2D eigenvalue weighted by molar-refractivity contribution is -0.140. The molecular formula is C19H16F3N3O2S. The summed E-state index contributed by atoms with van der Waals surface area (Å²) in [5.41, 5.74) is 0.238. The fourth-order valence-electron chi connectivity index (χ4n) is 2.47. The average molecular weight is 407 g/mol. The van der Waals surface area contributed by atoms with Crippen LogP contribution >= 0.6 is 0 Å². The number of rotatable bonds is 3. The molecule has 1 aromatic carbocycles. The minimum absolute atomic E-state index is 0.0161. The van der Waals surface area contributed by atoms with Crippen LogP contribution in [-0.2, 0) is 16.0 Å². The molecule has 0 spiro atoms. The standard InChI is InChI=1S/C19H16F3N3O2S/c1-12-4-5-14(10-23-13(12)2)18-24-17(19(20,21)22)11-25(18)15-6-8-16(9-7-15)28(3,26)27/h6-12H,1-3H3. The fourth-order valence-corrected chi connectivity index (χ4v) is 3.10. The summed E-state index contributed by atoms with van der Waals surface area (Å²) >= 11 is 0. The maximum absolute atomic E-state index is 13.3. The van der Waals surface area contributed by atoms with Gasteiger partial charge in [0.05, 0.1) is 16.4 Å². The number of hydrogen-bond donors (Lipinski definition) is 0. The number of sulfone groups is 1. The zero-order chi connectivity index (χ0) is 20.7. The van der Waals surface area contributed by atoms with E-state index in [0.29, 0.717) is 5.69 Å². The van der Waals surface area contributed by atoms with E-state index in [2.05, 4.69) is 21.8 Å². The molecule has 28 heavy (non-hydrogen) atoms. The van der Waals surface area contributed by atoms with Crippen molar-refractivity contribution in [1.29, 1.82) is 0 Å². The van der Waals surface area contributed by atoms with Crippen molar-refractivity contribution in [3.05, 3.63) is 48.2 Å². The molecule has 2 heterocycles. The topological polar surface area (TPSA) is 64.3 Å². The Labute approximate surface area is 160 Å². The molecule has 0 aliphatic carbocycles. The highest BCUT2D eigenvalue weighted by Gasteiger charge is 2.35. The summed E-state index contributed by atoms with van der Waals surface area (Å²) in [6.07, 6.45) is -1.33. The Hall–Kier alpha value is -2.86.